The molecule has 0 amide bonds. The van der Waals surface area contributed by atoms with E-state index in [9.17, 15) is 4.79 Å². The first-order chi connectivity index (χ1) is 8.65. The number of carboxylic acids is 1. The number of nitrogens with zero attached hydrogens (tertiary/aromatic N) is 2. The van der Waals surface area contributed by atoms with E-state index in [0.29, 0.717) is 12.4 Å². The molecule has 0 aliphatic heterocycles. The minimum absolute atomic E-state index is 0.00368. The van der Waals surface area contributed by atoms with Crippen molar-refractivity contribution in [1.29, 1.82) is 0 Å². The zero-order valence-electron chi connectivity index (χ0n) is 9.83. The lowest BCUT2D eigenvalue weighted by molar-refractivity contribution is 0.0690. The number of pyridine rings is 2. The van der Waals surface area contributed by atoms with Crippen LogP contribution in [-0.2, 0) is 6.61 Å². The maximum absolute atomic E-state index is 10.6. The van der Waals surface area contributed by atoms with Gasteiger partial charge in [-0.3, -0.25) is 4.98 Å². The van der Waals surface area contributed by atoms with Gasteiger partial charge >= 0.3 is 5.97 Å². The summed E-state index contributed by atoms with van der Waals surface area (Å²) >= 11 is 0. The number of rotatable bonds is 4. The molecule has 0 saturated carbocycles. The second kappa shape index (κ2) is 5.27. The van der Waals surface area contributed by atoms with Gasteiger partial charge in [0.25, 0.3) is 0 Å². The van der Waals surface area contributed by atoms with E-state index in [0.717, 1.165) is 11.4 Å². The summed E-state index contributed by atoms with van der Waals surface area (Å²) < 4.78 is 5.46. The Morgan fingerprint density at radius 1 is 1.33 bits per heavy atom. The van der Waals surface area contributed by atoms with Gasteiger partial charge in [0, 0.05) is 5.69 Å². The monoisotopic (exact) mass is 244 g/mol. The first-order valence-electron chi connectivity index (χ1n) is 5.40. The first-order valence-corrected chi connectivity index (χ1v) is 5.40. The molecule has 0 fully saturated rings. The number of aromatic nitrogens is 2. The normalized spacial score (nSPS) is 10.1. The fourth-order valence-corrected chi connectivity index (χ4v) is 1.43. The Balaban J connectivity index is 2.00. The Kier molecular flexibility index (Phi) is 3.52. The van der Waals surface area contributed by atoms with Crippen LogP contribution in [0.4, 0.5) is 0 Å². The lowest BCUT2D eigenvalue weighted by Crippen LogP contribution is -2.02. The summed E-state index contributed by atoms with van der Waals surface area (Å²) in [6, 6.07) is 8.67. The minimum atomic E-state index is -1.05. The third-order valence-electron chi connectivity index (χ3n) is 2.29. The van der Waals surface area contributed by atoms with E-state index in [-0.39, 0.29) is 5.69 Å². The first kappa shape index (κ1) is 12.0. The van der Waals surface area contributed by atoms with Crippen LogP contribution in [0, 0.1) is 6.92 Å². The van der Waals surface area contributed by atoms with Crippen molar-refractivity contribution in [2.75, 3.05) is 0 Å². The molecule has 0 aliphatic carbocycles. The number of aryl methyl sites for hydroxylation is 1. The fourth-order valence-electron chi connectivity index (χ4n) is 1.43. The average molecular weight is 244 g/mol. The fraction of sp³-hybridized carbons (Fsp3) is 0.154. The van der Waals surface area contributed by atoms with Crippen LogP contribution in [-0.4, -0.2) is 21.0 Å². The molecule has 0 spiro atoms. The number of carboxylic acid groups (broad SMARTS) is 1. The largest absolute Gasteiger partial charge is 0.486 e. The van der Waals surface area contributed by atoms with Crippen molar-refractivity contribution in [1.82, 2.24) is 9.97 Å². The van der Waals surface area contributed by atoms with Crippen molar-refractivity contribution in [3.63, 3.8) is 0 Å². The number of ether oxygens (including phenoxy) is 1. The van der Waals surface area contributed by atoms with Crippen LogP contribution in [0.25, 0.3) is 0 Å². The number of hydrogen-bond donors (Lipinski definition) is 1. The SMILES string of the molecule is Cc1cccc(COc2ccc(C(=O)O)nc2)n1. The van der Waals surface area contributed by atoms with E-state index in [1.54, 1.807) is 6.07 Å². The summed E-state index contributed by atoms with van der Waals surface area (Å²) in [6.45, 7) is 2.24. The summed E-state index contributed by atoms with van der Waals surface area (Å²) in [5, 5.41) is 8.70. The molecule has 18 heavy (non-hydrogen) atoms. The molecule has 0 aromatic carbocycles. The van der Waals surface area contributed by atoms with Crippen molar-refractivity contribution in [3.8, 4) is 5.75 Å². The van der Waals surface area contributed by atoms with Gasteiger partial charge in [-0.1, -0.05) is 6.07 Å². The van der Waals surface area contributed by atoms with Crippen LogP contribution in [0.2, 0.25) is 0 Å². The van der Waals surface area contributed by atoms with Gasteiger partial charge in [-0.2, -0.15) is 0 Å². The molecule has 1 N–H and O–H groups in total. The molecule has 2 aromatic rings. The van der Waals surface area contributed by atoms with Gasteiger partial charge < -0.3 is 9.84 Å². The lowest BCUT2D eigenvalue weighted by Gasteiger charge is -2.05. The van der Waals surface area contributed by atoms with Crippen LogP contribution in [0.5, 0.6) is 5.75 Å². The molecule has 0 radical (unpaired) electrons. The summed E-state index contributed by atoms with van der Waals surface area (Å²) in [4.78, 5) is 18.7. The summed E-state index contributed by atoms with van der Waals surface area (Å²) in [5.74, 6) is -0.537. The number of carbonyl (C=O) groups is 1. The van der Waals surface area contributed by atoms with Crippen molar-refractivity contribution < 1.29 is 14.6 Å². The molecule has 0 aliphatic rings. The minimum Gasteiger partial charge on any atom is -0.486 e. The smallest absolute Gasteiger partial charge is 0.354 e. The second-order valence-corrected chi connectivity index (χ2v) is 3.74. The van der Waals surface area contributed by atoms with Gasteiger partial charge in [-0.15, -0.1) is 0 Å². The van der Waals surface area contributed by atoms with Gasteiger partial charge in [0.1, 0.15) is 18.1 Å². The lowest BCUT2D eigenvalue weighted by atomic mass is 10.3. The zero-order valence-corrected chi connectivity index (χ0v) is 9.83. The van der Waals surface area contributed by atoms with E-state index in [2.05, 4.69) is 9.97 Å². The molecule has 2 heterocycles. The van der Waals surface area contributed by atoms with Gasteiger partial charge in [0.2, 0.25) is 0 Å². The second-order valence-electron chi connectivity index (χ2n) is 3.74. The van der Waals surface area contributed by atoms with Crippen LogP contribution >= 0.6 is 0 Å². The molecule has 0 saturated heterocycles. The van der Waals surface area contributed by atoms with Gasteiger partial charge in [-0.05, 0) is 31.2 Å². The molecular formula is C13H12N2O3. The standard InChI is InChI=1S/C13H12N2O3/c1-9-3-2-4-10(15-9)8-18-11-5-6-12(13(16)17)14-7-11/h2-7H,8H2,1H3,(H,16,17). The molecule has 5 heteroatoms. The average Bonchev–Trinajstić information content (AvgIpc) is 2.37. The van der Waals surface area contributed by atoms with Crippen LogP contribution < -0.4 is 4.74 Å². The van der Waals surface area contributed by atoms with Crippen LogP contribution in [0.15, 0.2) is 36.5 Å². The summed E-state index contributed by atoms with van der Waals surface area (Å²) in [7, 11) is 0. The maximum Gasteiger partial charge on any atom is 0.354 e. The number of hydrogen-bond acceptors (Lipinski definition) is 4. The van der Waals surface area contributed by atoms with Crippen molar-refractivity contribution in [3.05, 3.63) is 53.6 Å². The molecule has 2 aromatic heterocycles. The van der Waals surface area contributed by atoms with Gasteiger partial charge in [-0.25, -0.2) is 9.78 Å². The van der Waals surface area contributed by atoms with E-state index in [1.165, 1.54) is 12.3 Å². The highest BCUT2D eigenvalue weighted by atomic mass is 16.5. The Hall–Kier alpha value is -2.43. The van der Waals surface area contributed by atoms with Crippen LogP contribution in [0.3, 0.4) is 0 Å². The van der Waals surface area contributed by atoms with E-state index >= 15 is 0 Å². The van der Waals surface area contributed by atoms with Gasteiger partial charge in [0.15, 0.2) is 0 Å². The topological polar surface area (TPSA) is 72.3 Å². The zero-order chi connectivity index (χ0) is 13.0. The quantitative estimate of drug-likeness (QED) is 0.891. The molecule has 0 unspecified atom stereocenters. The highest BCUT2D eigenvalue weighted by Gasteiger charge is 2.04. The van der Waals surface area contributed by atoms with E-state index in [4.69, 9.17) is 9.84 Å². The molecule has 0 bridgehead atoms. The highest BCUT2D eigenvalue weighted by Crippen LogP contribution is 2.11. The Labute approximate surface area is 104 Å². The van der Waals surface area contributed by atoms with Gasteiger partial charge in [0.05, 0.1) is 11.9 Å². The molecule has 5 nitrogen and oxygen atoms in total. The van der Waals surface area contributed by atoms with E-state index in [1.807, 2.05) is 25.1 Å². The van der Waals surface area contributed by atoms with Crippen molar-refractivity contribution in [2.45, 2.75) is 13.5 Å². The Morgan fingerprint density at radius 2 is 2.17 bits per heavy atom. The summed E-state index contributed by atoms with van der Waals surface area (Å²) in [6.07, 6.45) is 1.39. The molecule has 0 atom stereocenters. The van der Waals surface area contributed by atoms with Crippen LogP contribution in [0.1, 0.15) is 21.9 Å². The highest BCUT2D eigenvalue weighted by molar-refractivity contribution is 5.85. The van der Waals surface area contributed by atoms with Crippen molar-refractivity contribution in [2.24, 2.45) is 0 Å². The molecular weight excluding hydrogens is 232 g/mol. The summed E-state index contributed by atoms with van der Waals surface area (Å²) in [5.41, 5.74) is 1.74. The third kappa shape index (κ3) is 3.04. The predicted molar refractivity (Wildman–Crippen MR) is 64.5 cm³/mol. The Bertz CT molecular complexity index is 552. The van der Waals surface area contributed by atoms with E-state index < -0.39 is 5.97 Å². The Morgan fingerprint density at radius 3 is 2.78 bits per heavy atom. The third-order valence-corrected chi connectivity index (χ3v) is 2.29. The maximum atomic E-state index is 10.6. The molecule has 92 valence electrons. The molecule has 2 rings (SSSR count). The number of aromatic carboxylic acids is 1. The van der Waals surface area contributed by atoms with Crippen molar-refractivity contribution >= 4 is 5.97 Å². The predicted octanol–water partition coefficient (Wildman–Crippen LogP) is 2.06.